The van der Waals surface area contributed by atoms with E-state index in [-0.39, 0.29) is 18.2 Å². The average Bonchev–Trinajstić information content (AvgIpc) is 2.45. The van der Waals surface area contributed by atoms with Crippen molar-refractivity contribution in [1.29, 1.82) is 0 Å². The molecule has 2 aromatic heterocycles. The highest BCUT2D eigenvalue weighted by atomic mass is 16.7. The summed E-state index contributed by atoms with van der Waals surface area (Å²) in [7, 11) is 1.47. The molecule has 2 rings (SSSR count). The van der Waals surface area contributed by atoms with Crippen molar-refractivity contribution >= 4 is 5.82 Å². The Morgan fingerprint density at radius 1 is 1.37 bits per heavy atom. The largest absolute Gasteiger partial charge is 0.466 e. The van der Waals surface area contributed by atoms with Crippen LogP contribution in [-0.4, -0.2) is 28.8 Å². The molecule has 0 atom stereocenters. The molecular weight excluding hydrogens is 250 g/mol. The summed E-state index contributed by atoms with van der Waals surface area (Å²) in [5, 5.41) is 11.1. The van der Waals surface area contributed by atoms with Gasteiger partial charge in [0.2, 0.25) is 0 Å². The second-order valence-corrected chi connectivity index (χ2v) is 3.56. The van der Waals surface area contributed by atoms with Gasteiger partial charge in [0.15, 0.2) is 6.79 Å². The van der Waals surface area contributed by atoms with Crippen LogP contribution in [0, 0.1) is 10.1 Å². The fourth-order valence-corrected chi connectivity index (χ4v) is 1.60. The maximum Gasteiger partial charge on any atom is 0.375 e. The zero-order valence-corrected chi connectivity index (χ0v) is 10.1. The third-order valence-electron chi connectivity index (χ3n) is 2.35. The number of aromatic nitrogens is 2. The molecule has 0 fully saturated rings. The number of nitrogens with zero attached hydrogens (tertiary/aromatic N) is 3. The predicted molar refractivity (Wildman–Crippen MR) is 66.6 cm³/mol. The van der Waals surface area contributed by atoms with Crippen molar-refractivity contribution in [1.82, 2.24) is 9.97 Å². The molecule has 98 valence electrons. The van der Waals surface area contributed by atoms with Gasteiger partial charge in [-0.1, -0.05) is 6.07 Å². The molecule has 0 unspecified atom stereocenters. The summed E-state index contributed by atoms with van der Waals surface area (Å²) in [6.07, 6.45) is 4.42. The Morgan fingerprint density at radius 2 is 2.21 bits per heavy atom. The highest BCUT2D eigenvalue weighted by molar-refractivity contribution is 5.76. The van der Waals surface area contributed by atoms with Crippen molar-refractivity contribution in [2.45, 2.75) is 0 Å². The molecule has 7 nitrogen and oxygen atoms in total. The lowest BCUT2D eigenvalue weighted by atomic mass is 10.1. The highest BCUT2D eigenvalue weighted by Crippen LogP contribution is 2.35. The van der Waals surface area contributed by atoms with Crippen molar-refractivity contribution in [3.63, 3.8) is 0 Å². The number of ether oxygens (including phenoxy) is 2. The van der Waals surface area contributed by atoms with Crippen molar-refractivity contribution in [2.24, 2.45) is 0 Å². The van der Waals surface area contributed by atoms with Gasteiger partial charge in [0.25, 0.3) is 0 Å². The van der Waals surface area contributed by atoms with Gasteiger partial charge in [-0.3, -0.25) is 4.98 Å². The van der Waals surface area contributed by atoms with Crippen LogP contribution in [0.1, 0.15) is 0 Å². The van der Waals surface area contributed by atoms with Crippen LogP contribution in [0.2, 0.25) is 0 Å². The summed E-state index contributed by atoms with van der Waals surface area (Å²) < 4.78 is 10.1. The third-order valence-corrected chi connectivity index (χ3v) is 2.35. The molecular formula is C12H11N3O4. The van der Waals surface area contributed by atoms with Gasteiger partial charge in [-0.25, -0.2) is 0 Å². The number of pyridine rings is 2. The molecule has 0 bridgehead atoms. The summed E-state index contributed by atoms with van der Waals surface area (Å²) in [6.45, 7) is -0.00553. The van der Waals surface area contributed by atoms with Gasteiger partial charge in [0, 0.05) is 31.1 Å². The Kier molecular flexibility index (Phi) is 3.99. The van der Waals surface area contributed by atoms with Gasteiger partial charge < -0.3 is 19.6 Å². The lowest BCUT2D eigenvalue weighted by Crippen LogP contribution is -2.03. The predicted octanol–water partition coefficient (Wildman–Crippen LogP) is 2.03. The third kappa shape index (κ3) is 2.83. The zero-order valence-electron chi connectivity index (χ0n) is 10.1. The molecule has 19 heavy (non-hydrogen) atoms. The number of rotatable bonds is 5. The van der Waals surface area contributed by atoms with Gasteiger partial charge in [0.05, 0.1) is 0 Å². The number of hydrogen-bond donors (Lipinski definition) is 0. The van der Waals surface area contributed by atoms with Gasteiger partial charge in [-0.05, 0) is 16.0 Å². The van der Waals surface area contributed by atoms with Crippen LogP contribution in [0.4, 0.5) is 5.82 Å². The Hall–Kier alpha value is -2.54. The van der Waals surface area contributed by atoms with E-state index in [2.05, 4.69) is 9.97 Å². The van der Waals surface area contributed by atoms with E-state index in [9.17, 15) is 10.1 Å². The average molecular weight is 261 g/mol. The first-order chi connectivity index (χ1) is 9.24. The molecule has 0 aromatic carbocycles. The summed E-state index contributed by atoms with van der Waals surface area (Å²) in [6, 6.07) is 4.94. The maximum atomic E-state index is 11.1. The maximum absolute atomic E-state index is 11.1. The van der Waals surface area contributed by atoms with E-state index in [4.69, 9.17) is 9.47 Å². The minimum Gasteiger partial charge on any atom is -0.466 e. The number of methoxy groups -OCH3 is 1. The summed E-state index contributed by atoms with van der Waals surface area (Å²) in [4.78, 5) is 18.2. The molecule has 2 aromatic rings. The van der Waals surface area contributed by atoms with Crippen LogP contribution in [0.25, 0.3) is 11.1 Å². The van der Waals surface area contributed by atoms with Crippen LogP contribution in [-0.2, 0) is 4.74 Å². The minimum absolute atomic E-state index is 0.00553. The van der Waals surface area contributed by atoms with E-state index in [1.165, 1.54) is 19.5 Å². The van der Waals surface area contributed by atoms with Gasteiger partial charge in [-0.15, -0.1) is 0 Å². The second-order valence-electron chi connectivity index (χ2n) is 3.56. The first kappa shape index (κ1) is 12.9. The molecule has 0 aliphatic heterocycles. The van der Waals surface area contributed by atoms with Crippen molar-refractivity contribution in [2.75, 3.05) is 13.9 Å². The molecule has 7 heteroatoms. The molecule has 0 saturated heterocycles. The molecule has 2 heterocycles. The lowest BCUT2D eigenvalue weighted by Gasteiger charge is -2.09. The molecule has 0 spiro atoms. The Labute approximate surface area is 109 Å². The van der Waals surface area contributed by atoms with Crippen LogP contribution < -0.4 is 4.74 Å². The molecule has 0 N–H and O–H groups in total. The van der Waals surface area contributed by atoms with E-state index >= 15 is 0 Å². The fraction of sp³-hybridized carbons (Fsp3) is 0.167. The SMILES string of the molecule is COCOc1ccnc([N+](=O)[O-])c1-c1cccnc1. The second kappa shape index (κ2) is 5.87. The van der Waals surface area contributed by atoms with E-state index in [0.29, 0.717) is 11.3 Å². The topological polar surface area (TPSA) is 87.4 Å². The summed E-state index contributed by atoms with van der Waals surface area (Å²) >= 11 is 0. The normalized spacial score (nSPS) is 10.2. The van der Waals surface area contributed by atoms with Crippen molar-refractivity contribution in [3.8, 4) is 16.9 Å². The van der Waals surface area contributed by atoms with Crippen LogP contribution in [0.3, 0.4) is 0 Å². The smallest absolute Gasteiger partial charge is 0.375 e. The highest BCUT2D eigenvalue weighted by Gasteiger charge is 2.22. The monoisotopic (exact) mass is 261 g/mol. The van der Waals surface area contributed by atoms with E-state index < -0.39 is 4.92 Å². The fourth-order valence-electron chi connectivity index (χ4n) is 1.60. The minimum atomic E-state index is -0.554. The lowest BCUT2D eigenvalue weighted by molar-refractivity contribution is -0.388. The van der Waals surface area contributed by atoms with Gasteiger partial charge in [-0.2, -0.15) is 0 Å². The van der Waals surface area contributed by atoms with Crippen molar-refractivity contribution in [3.05, 3.63) is 46.9 Å². The first-order valence-electron chi connectivity index (χ1n) is 5.39. The molecule has 0 aliphatic carbocycles. The van der Waals surface area contributed by atoms with Crippen LogP contribution in [0.15, 0.2) is 36.8 Å². The number of nitro groups is 1. The molecule has 0 aliphatic rings. The molecule has 0 radical (unpaired) electrons. The quantitative estimate of drug-likeness (QED) is 0.465. The zero-order chi connectivity index (χ0) is 13.7. The van der Waals surface area contributed by atoms with E-state index in [1.807, 2.05) is 0 Å². The first-order valence-corrected chi connectivity index (χ1v) is 5.39. The van der Waals surface area contributed by atoms with Gasteiger partial charge >= 0.3 is 5.82 Å². The Bertz CT molecular complexity index is 574. The van der Waals surface area contributed by atoms with Gasteiger partial charge in [0.1, 0.15) is 17.5 Å². The van der Waals surface area contributed by atoms with Crippen LogP contribution in [0.5, 0.6) is 5.75 Å². The molecule has 0 saturated carbocycles. The van der Waals surface area contributed by atoms with E-state index in [0.717, 1.165) is 0 Å². The standard InChI is InChI=1S/C12H11N3O4/c1-18-8-19-10-4-6-14-12(15(16)17)11(10)9-3-2-5-13-7-9/h2-7H,8H2,1H3. The van der Waals surface area contributed by atoms with Crippen molar-refractivity contribution < 1.29 is 14.4 Å². The van der Waals surface area contributed by atoms with E-state index in [1.54, 1.807) is 24.4 Å². The summed E-state index contributed by atoms with van der Waals surface area (Å²) in [5.74, 6) is 0.0538. The summed E-state index contributed by atoms with van der Waals surface area (Å²) in [5.41, 5.74) is 0.853. The van der Waals surface area contributed by atoms with Crippen LogP contribution >= 0.6 is 0 Å². The molecule has 0 amide bonds. The number of hydrogen-bond acceptors (Lipinski definition) is 6. The Balaban J connectivity index is 2.56. The Morgan fingerprint density at radius 3 is 2.84 bits per heavy atom.